The van der Waals surface area contributed by atoms with E-state index in [1.165, 1.54) is 0 Å². The Morgan fingerprint density at radius 3 is 2.58 bits per heavy atom. The van der Waals surface area contributed by atoms with Crippen LogP contribution in [0.4, 0.5) is 5.95 Å². The summed E-state index contributed by atoms with van der Waals surface area (Å²) in [5, 5.41) is 0. The lowest BCUT2D eigenvalue weighted by Gasteiger charge is -2.31. The minimum absolute atomic E-state index is 0.215. The molecule has 0 aliphatic carbocycles. The molecule has 2 N–H and O–H groups in total. The SMILES string of the molecule is COc1ccc(C(=O)NNC(=O)C2CCCN(c3ncccn3)C2)cc1. The molecule has 1 aliphatic heterocycles. The molecule has 1 atom stereocenters. The van der Waals surface area contributed by atoms with Gasteiger partial charge in [0.1, 0.15) is 5.75 Å². The lowest BCUT2D eigenvalue weighted by atomic mass is 9.98. The van der Waals surface area contributed by atoms with Gasteiger partial charge in [0, 0.05) is 31.0 Å². The monoisotopic (exact) mass is 355 g/mol. The molecule has 2 amide bonds. The van der Waals surface area contributed by atoms with E-state index in [0.29, 0.717) is 23.8 Å². The highest BCUT2D eigenvalue weighted by Gasteiger charge is 2.27. The van der Waals surface area contributed by atoms with Crippen LogP contribution in [0.15, 0.2) is 42.7 Å². The van der Waals surface area contributed by atoms with E-state index >= 15 is 0 Å². The van der Waals surface area contributed by atoms with E-state index in [-0.39, 0.29) is 17.7 Å². The van der Waals surface area contributed by atoms with Crippen LogP contribution in [0.5, 0.6) is 5.75 Å². The number of benzene rings is 1. The van der Waals surface area contributed by atoms with Crippen molar-refractivity contribution in [1.82, 2.24) is 20.8 Å². The van der Waals surface area contributed by atoms with E-state index in [1.807, 2.05) is 4.90 Å². The Balaban J connectivity index is 1.53. The molecule has 26 heavy (non-hydrogen) atoms. The number of carbonyl (C=O) groups excluding carboxylic acids is 2. The normalized spacial score (nSPS) is 16.7. The van der Waals surface area contributed by atoms with Crippen molar-refractivity contribution in [2.45, 2.75) is 12.8 Å². The Hall–Kier alpha value is -3.16. The van der Waals surface area contributed by atoms with E-state index in [9.17, 15) is 9.59 Å². The van der Waals surface area contributed by atoms with Crippen molar-refractivity contribution in [3.63, 3.8) is 0 Å². The Kier molecular flexibility index (Phi) is 5.62. The minimum Gasteiger partial charge on any atom is -0.497 e. The zero-order valence-corrected chi connectivity index (χ0v) is 14.5. The number of rotatable bonds is 4. The van der Waals surface area contributed by atoms with Crippen molar-refractivity contribution < 1.29 is 14.3 Å². The summed E-state index contributed by atoms with van der Waals surface area (Å²) < 4.78 is 5.06. The lowest BCUT2D eigenvalue weighted by molar-refractivity contribution is -0.126. The molecule has 3 rings (SSSR count). The molecule has 8 heteroatoms. The molecule has 0 bridgehead atoms. The quantitative estimate of drug-likeness (QED) is 0.799. The topological polar surface area (TPSA) is 96.5 Å². The molecule has 2 aromatic rings. The van der Waals surface area contributed by atoms with E-state index in [1.54, 1.807) is 49.8 Å². The number of carbonyl (C=O) groups is 2. The van der Waals surface area contributed by atoms with E-state index in [2.05, 4.69) is 20.8 Å². The van der Waals surface area contributed by atoms with Gasteiger partial charge in [-0.3, -0.25) is 20.4 Å². The highest BCUT2D eigenvalue weighted by molar-refractivity contribution is 5.95. The number of aromatic nitrogens is 2. The van der Waals surface area contributed by atoms with Gasteiger partial charge in [0.2, 0.25) is 11.9 Å². The summed E-state index contributed by atoms with van der Waals surface area (Å²) in [6, 6.07) is 8.41. The minimum atomic E-state index is -0.375. The third-order valence-corrected chi connectivity index (χ3v) is 4.28. The molecule has 136 valence electrons. The first-order chi connectivity index (χ1) is 12.7. The molecule has 1 unspecified atom stereocenters. The number of nitrogens with zero attached hydrogens (tertiary/aromatic N) is 3. The van der Waals surface area contributed by atoms with Crippen LogP contribution in [-0.2, 0) is 4.79 Å². The van der Waals surface area contributed by atoms with Gasteiger partial charge in [0.15, 0.2) is 0 Å². The number of ether oxygens (including phenoxy) is 1. The standard InChI is InChI=1S/C18H21N5O3/c1-26-15-7-5-13(6-8-15)16(24)21-22-17(25)14-4-2-11-23(12-14)18-19-9-3-10-20-18/h3,5-10,14H,2,4,11-12H2,1H3,(H,21,24)(H,22,25). The number of piperidine rings is 1. The molecule has 2 heterocycles. The fourth-order valence-electron chi connectivity index (χ4n) is 2.86. The zero-order chi connectivity index (χ0) is 18.4. The molecule has 1 aromatic carbocycles. The Morgan fingerprint density at radius 2 is 1.88 bits per heavy atom. The van der Waals surface area contributed by atoms with E-state index < -0.39 is 0 Å². The van der Waals surface area contributed by atoms with Crippen molar-refractivity contribution >= 4 is 17.8 Å². The fraction of sp³-hybridized carbons (Fsp3) is 0.333. The number of amides is 2. The van der Waals surface area contributed by atoms with Gasteiger partial charge in [-0.2, -0.15) is 0 Å². The van der Waals surface area contributed by atoms with Crippen LogP contribution in [0, 0.1) is 5.92 Å². The summed E-state index contributed by atoms with van der Waals surface area (Å²) in [6.45, 7) is 1.33. The van der Waals surface area contributed by atoms with Crippen LogP contribution >= 0.6 is 0 Å². The predicted octanol–water partition coefficient (Wildman–Crippen LogP) is 1.16. The van der Waals surface area contributed by atoms with Crippen LogP contribution in [0.2, 0.25) is 0 Å². The van der Waals surface area contributed by atoms with Gasteiger partial charge >= 0.3 is 0 Å². The summed E-state index contributed by atoms with van der Waals surface area (Å²) in [4.78, 5) is 35.0. The van der Waals surface area contributed by atoms with Gasteiger partial charge in [-0.1, -0.05) is 0 Å². The molecule has 1 aliphatic rings. The van der Waals surface area contributed by atoms with E-state index in [4.69, 9.17) is 4.74 Å². The number of anilines is 1. The summed E-state index contributed by atoms with van der Waals surface area (Å²) in [7, 11) is 1.56. The maximum Gasteiger partial charge on any atom is 0.269 e. The van der Waals surface area contributed by atoms with E-state index in [0.717, 1.165) is 19.4 Å². The number of nitrogens with one attached hydrogen (secondary N) is 2. The number of methoxy groups -OCH3 is 1. The van der Waals surface area contributed by atoms with Crippen molar-refractivity contribution in [2.75, 3.05) is 25.1 Å². The third-order valence-electron chi connectivity index (χ3n) is 4.28. The van der Waals surface area contributed by atoms with Gasteiger partial charge < -0.3 is 9.64 Å². The number of hydrazine groups is 1. The molecule has 8 nitrogen and oxygen atoms in total. The molecular weight excluding hydrogens is 334 g/mol. The molecule has 0 spiro atoms. The molecule has 1 fully saturated rings. The van der Waals surface area contributed by atoms with Crippen LogP contribution in [0.25, 0.3) is 0 Å². The molecule has 1 aromatic heterocycles. The fourth-order valence-corrected chi connectivity index (χ4v) is 2.86. The predicted molar refractivity (Wildman–Crippen MR) is 95.6 cm³/mol. The second kappa shape index (κ2) is 8.28. The second-order valence-corrected chi connectivity index (χ2v) is 6.01. The van der Waals surface area contributed by atoms with Crippen LogP contribution in [-0.4, -0.2) is 42.0 Å². The van der Waals surface area contributed by atoms with Crippen LogP contribution < -0.4 is 20.5 Å². The van der Waals surface area contributed by atoms with Gasteiger partial charge in [0.05, 0.1) is 13.0 Å². The first kappa shape index (κ1) is 17.7. The van der Waals surface area contributed by atoms with Gasteiger partial charge in [-0.05, 0) is 43.2 Å². The molecule has 1 saturated heterocycles. The van der Waals surface area contributed by atoms with Gasteiger partial charge in [0.25, 0.3) is 5.91 Å². The summed E-state index contributed by atoms with van der Waals surface area (Å²) in [5.41, 5.74) is 5.41. The Morgan fingerprint density at radius 1 is 1.15 bits per heavy atom. The Labute approximate surface area is 151 Å². The number of hydrogen-bond donors (Lipinski definition) is 2. The third kappa shape index (κ3) is 4.27. The lowest BCUT2D eigenvalue weighted by Crippen LogP contribution is -2.49. The van der Waals surface area contributed by atoms with Gasteiger partial charge in [-0.15, -0.1) is 0 Å². The van der Waals surface area contributed by atoms with Crippen LogP contribution in [0.1, 0.15) is 23.2 Å². The molecule has 0 radical (unpaired) electrons. The largest absolute Gasteiger partial charge is 0.497 e. The second-order valence-electron chi connectivity index (χ2n) is 6.01. The van der Waals surface area contributed by atoms with Crippen molar-refractivity contribution in [3.05, 3.63) is 48.3 Å². The zero-order valence-electron chi connectivity index (χ0n) is 14.5. The smallest absolute Gasteiger partial charge is 0.269 e. The maximum absolute atomic E-state index is 12.4. The highest BCUT2D eigenvalue weighted by Crippen LogP contribution is 2.20. The Bertz CT molecular complexity index is 751. The average Bonchev–Trinajstić information content (AvgIpc) is 2.72. The first-order valence-electron chi connectivity index (χ1n) is 8.43. The maximum atomic E-state index is 12.4. The first-order valence-corrected chi connectivity index (χ1v) is 8.43. The summed E-state index contributed by atoms with van der Waals surface area (Å²) in [6.07, 6.45) is 4.98. The summed E-state index contributed by atoms with van der Waals surface area (Å²) in [5.74, 6) is 0.458. The van der Waals surface area contributed by atoms with Crippen molar-refractivity contribution in [3.8, 4) is 5.75 Å². The van der Waals surface area contributed by atoms with Gasteiger partial charge in [-0.25, -0.2) is 9.97 Å². The average molecular weight is 355 g/mol. The highest BCUT2D eigenvalue weighted by atomic mass is 16.5. The molecular formula is C18H21N5O3. The number of hydrogen-bond acceptors (Lipinski definition) is 6. The van der Waals surface area contributed by atoms with Crippen molar-refractivity contribution in [2.24, 2.45) is 5.92 Å². The molecule has 0 saturated carbocycles. The van der Waals surface area contributed by atoms with Crippen molar-refractivity contribution in [1.29, 1.82) is 0 Å². The van der Waals surface area contributed by atoms with Crippen LogP contribution in [0.3, 0.4) is 0 Å². The summed E-state index contributed by atoms with van der Waals surface area (Å²) >= 11 is 0.